The average molecular weight is 453 g/mol. The number of carbonyl (C=O) groups is 1. The number of para-hydroxylation sites is 1. The molecule has 0 saturated carbocycles. The second-order valence-corrected chi connectivity index (χ2v) is 8.89. The van der Waals surface area contributed by atoms with Gasteiger partial charge in [0.1, 0.15) is 17.3 Å². The lowest BCUT2D eigenvalue weighted by atomic mass is 9.99. The fraction of sp³-hybridized carbons (Fsp3) is 0.375. The van der Waals surface area contributed by atoms with Crippen molar-refractivity contribution in [1.29, 1.82) is 0 Å². The number of fused-ring (bicyclic) bond motifs is 1. The van der Waals surface area contributed by atoms with E-state index in [9.17, 15) is 4.79 Å². The lowest BCUT2D eigenvalue weighted by Crippen LogP contribution is -2.38. The van der Waals surface area contributed by atoms with E-state index >= 15 is 0 Å². The molecule has 1 aliphatic heterocycles. The van der Waals surface area contributed by atoms with E-state index in [0.717, 1.165) is 42.5 Å². The minimum absolute atomic E-state index is 0.144. The van der Waals surface area contributed by atoms with E-state index < -0.39 is 0 Å². The van der Waals surface area contributed by atoms with E-state index in [1.54, 1.807) is 14.2 Å². The van der Waals surface area contributed by atoms with Crippen LogP contribution in [-0.2, 0) is 4.79 Å². The summed E-state index contributed by atoms with van der Waals surface area (Å²) in [6.07, 6.45) is 2.14. The van der Waals surface area contributed by atoms with Crippen molar-refractivity contribution in [3.05, 3.63) is 42.5 Å². The highest BCUT2D eigenvalue weighted by molar-refractivity contribution is 7.99. The Morgan fingerprint density at radius 3 is 2.47 bits per heavy atom. The zero-order valence-corrected chi connectivity index (χ0v) is 19.4. The van der Waals surface area contributed by atoms with Gasteiger partial charge in [0, 0.05) is 42.4 Å². The monoisotopic (exact) mass is 452 g/mol. The number of nitrogens with zero attached hydrogens (tertiary/aromatic N) is 3. The molecule has 0 spiro atoms. The number of hydrogen-bond acceptors (Lipinski definition) is 7. The number of carbonyl (C=O) groups excluding carboxylic acids is 1. The van der Waals surface area contributed by atoms with Crippen molar-refractivity contribution in [2.75, 3.05) is 38.4 Å². The number of benzene rings is 2. The molecule has 1 saturated heterocycles. The molecule has 2 aromatic carbocycles. The summed E-state index contributed by atoms with van der Waals surface area (Å²) in [6.45, 7) is 3.92. The number of nitrogens with one attached hydrogen (secondary N) is 1. The molecule has 0 radical (unpaired) electrons. The molecule has 1 fully saturated rings. The smallest absolute Gasteiger partial charge is 0.233 e. The highest BCUT2D eigenvalue weighted by Crippen LogP contribution is 2.31. The standard InChI is InChI=1S/C24H28N4O3S/c1-16-8-10-28(11-9-16)22(29)15-32-24-26-21-7-5-4-6-20(21)23(27-24)25-17-12-18(30-2)14-19(13-17)31-3/h4-7,12-14,16H,8-11,15H2,1-3H3,(H,25,26,27). The third kappa shape index (κ3) is 5.24. The number of ether oxygens (including phenoxy) is 2. The molecule has 1 aliphatic rings. The Labute approximate surface area is 192 Å². The number of amides is 1. The number of methoxy groups -OCH3 is 2. The topological polar surface area (TPSA) is 76.6 Å². The van der Waals surface area contributed by atoms with Crippen LogP contribution in [-0.4, -0.2) is 53.8 Å². The molecule has 7 nitrogen and oxygen atoms in total. The number of aromatic nitrogens is 2. The van der Waals surface area contributed by atoms with Gasteiger partial charge in [0.05, 0.1) is 25.5 Å². The van der Waals surface area contributed by atoms with Gasteiger partial charge in [-0.25, -0.2) is 9.97 Å². The van der Waals surface area contributed by atoms with Gasteiger partial charge in [0.15, 0.2) is 5.16 Å². The molecule has 2 heterocycles. The molecule has 168 valence electrons. The van der Waals surface area contributed by atoms with Crippen LogP contribution in [0.4, 0.5) is 11.5 Å². The number of anilines is 2. The molecule has 0 aliphatic carbocycles. The zero-order valence-electron chi connectivity index (χ0n) is 18.6. The van der Waals surface area contributed by atoms with E-state index in [1.165, 1.54) is 11.8 Å². The SMILES string of the molecule is COc1cc(Nc2nc(SCC(=O)N3CCC(C)CC3)nc3ccccc23)cc(OC)c1. The molecule has 1 amide bonds. The zero-order chi connectivity index (χ0) is 22.5. The number of hydrogen-bond donors (Lipinski definition) is 1. The number of thioether (sulfide) groups is 1. The van der Waals surface area contributed by atoms with E-state index in [-0.39, 0.29) is 5.91 Å². The number of rotatable bonds is 7. The predicted octanol–water partition coefficient (Wildman–Crippen LogP) is 4.74. The van der Waals surface area contributed by atoms with Crippen molar-refractivity contribution >= 4 is 40.1 Å². The second-order valence-electron chi connectivity index (χ2n) is 7.95. The van der Waals surface area contributed by atoms with Crippen molar-refractivity contribution in [3.63, 3.8) is 0 Å². The fourth-order valence-corrected chi connectivity index (χ4v) is 4.46. The normalized spacial score (nSPS) is 14.4. The third-order valence-corrected chi connectivity index (χ3v) is 6.49. The second kappa shape index (κ2) is 10.1. The molecule has 0 atom stereocenters. The first-order valence-electron chi connectivity index (χ1n) is 10.7. The lowest BCUT2D eigenvalue weighted by Gasteiger charge is -2.30. The Morgan fingerprint density at radius 1 is 1.09 bits per heavy atom. The molecule has 8 heteroatoms. The van der Waals surface area contributed by atoms with E-state index in [2.05, 4.69) is 17.2 Å². The minimum atomic E-state index is 0.144. The highest BCUT2D eigenvalue weighted by atomic mass is 32.2. The molecule has 1 N–H and O–H groups in total. The van der Waals surface area contributed by atoms with Crippen molar-refractivity contribution in [1.82, 2.24) is 14.9 Å². The average Bonchev–Trinajstić information content (AvgIpc) is 2.82. The first kappa shape index (κ1) is 22.2. The third-order valence-electron chi connectivity index (χ3n) is 5.66. The summed E-state index contributed by atoms with van der Waals surface area (Å²) in [6, 6.07) is 13.4. The van der Waals surface area contributed by atoms with Crippen LogP contribution in [0.1, 0.15) is 19.8 Å². The van der Waals surface area contributed by atoms with Crippen LogP contribution in [0.5, 0.6) is 11.5 Å². The van der Waals surface area contributed by atoms with Crippen molar-refractivity contribution in [2.24, 2.45) is 5.92 Å². The Balaban J connectivity index is 1.56. The number of likely N-dealkylation sites (tertiary alicyclic amines) is 1. The van der Waals surface area contributed by atoms with Crippen LogP contribution in [0.25, 0.3) is 10.9 Å². The van der Waals surface area contributed by atoms with Gasteiger partial charge in [-0.2, -0.15) is 0 Å². The van der Waals surface area contributed by atoms with Gasteiger partial charge < -0.3 is 19.7 Å². The van der Waals surface area contributed by atoms with Crippen LogP contribution in [0, 0.1) is 5.92 Å². The molecule has 3 aromatic rings. The van der Waals surface area contributed by atoms with Crippen molar-refractivity contribution in [2.45, 2.75) is 24.9 Å². The van der Waals surface area contributed by atoms with Crippen LogP contribution in [0.2, 0.25) is 0 Å². The van der Waals surface area contributed by atoms with E-state index in [0.29, 0.717) is 34.1 Å². The maximum Gasteiger partial charge on any atom is 0.233 e. The maximum absolute atomic E-state index is 12.7. The van der Waals surface area contributed by atoms with Gasteiger partial charge in [-0.05, 0) is 30.9 Å². The molecule has 1 aromatic heterocycles. The van der Waals surface area contributed by atoms with Crippen LogP contribution in [0.3, 0.4) is 0 Å². The summed E-state index contributed by atoms with van der Waals surface area (Å²) in [7, 11) is 3.24. The first-order valence-corrected chi connectivity index (χ1v) is 11.7. The summed E-state index contributed by atoms with van der Waals surface area (Å²) in [5.74, 6) is 3.21. The van der Waals surface area contributed by atoms with Gasteiger partial charge >= 0.3 is 0 Å². The fourth-order valence-electron chi connectivity index (χ4n) is 3.71. The van der Waals surface area contributed by atoms with Crippen LogP contribution in [0.15, 0.2) is 47.6 Å². The Bertz CT molecular complexity index is 1080. The van der Waals surface area contributed by atoms with E-state index in [1.807, 2.05) is 47.4 Å². The molecule has 32 heavy (non-hydrogen) atoms. The molecule has 4 rings (SSSR count). The van der Waals surface area contributed by atoms with Gasteiger partial charge in [0.2, 0.25) is 5.91 Å². The Morgan fingerprint density at radius 2 is 1.78 bits per heavy atom. The summed E-state index contributed by atoms with van der Waals surface area (Å²) in [5, 5.41) is 4.84. The largest absolute Gasteiger partial charge is 0.497 e. The van der Waals surface area contributed by atoms with Gasteiger partial charge in [-0.3, -0.25) is 4.79 Å². The molecular formula is C24H28N4O3S. The van der Waals surface area contributed by atoms with Crippen LogP contribution >= 0.6 is 11.8 Å². The Hall–Kier alpha value is -3.00. The van der Waals surface area contributed by atoms with Crippen LogP contribution < -0.4 is 14.8 Å². The summed E-state index contributed by atoms with van der Waals surface area (Å²) >= 11 is 1.38. The molecule has 0 unspecified atom stereocenters. The number of piperidine rings is 1. The van der Waals surface area contributed by atoms with Gasteiger partial charge in [0.25, 0.3) is 0 Å². The summed E-state index contributed by atoms with van der Waals surface area (Å²) < 4.78 is 10.8. The molecular weight excluding hydrogens is 424 g/mol. The Kier molecular flexibility index (Phi) is 6.99. The first-order chi connectivity index (χ1) is 15.6. The summed E-state index contributed by atoms with van der Waals surface area (Å²) in [5.41, 5.74) is 1.61. The van der Waals surface area contributed by atoms with E-state index in [4.69, 9.17) is 14.5 Å². The van der Waals surface area contributed by atoms with Gasteiger partial charge in [-0.1, -0.05) is 30.8 Å². The molecule has 0 bridgehead atoms. The predicted molar refractivity (Wildman–Crippen MR) is 128 cm³/mol. The lowest BCUT2D eigenvalue weighted by molar-refractivity contribution is -0.129. The maximum atomic E-state index is 12.7. The summed E-state index contributed by atoms with van der Waals surface area (Å²) in [4.78, 5) is 24.0. The van der Waals surface area contributed by atoms with Crippen molar-refractivity contribution in [3.8, 4) is 11.5 Å². The quantitative estimate of drug-likeness (QED) is 0.410. The minimum Gasteiger partial charge on any atom is -0.497 e. The van der Waals surface area contributed by atoms with Crippen molar-refractivity contribution < 1.29 is 14.3 Å². The highest BCUT2D eigenvalue weighted by Gasteiger charge is 2.21. The van der Waals surface area contributed by atoms with Gasteiger partial charge in [-0.15, -0.1) is 0 Å².